The molecule has 0 saturated carbocycles. The van der Waals surface area contributed by atoms with Crippen LogP contribution >= 0.6 is 0 Å². The lowest BCUT2D eigenvalue weighted by molar-refractivity contribution is -0.128. The molecule has 0 bridgehead atoms. The number of hydrogen-bond acceptors (Lipinski definition) is 3. The summed E-state index contributed by atoms with van der Waals surface area (Å²) in [5.41, 5.74) is 7.42. The van der Waals surface area contributed by atoms with E-state index in [1.54, 1.807) is 0 Å². The van der Waals surface area contributed by atoms with Crippen molar-refractivity contribution < 1.29 is 4.79 Å². The molecule has 1 atom stereocenters. The van der Waals surface area contributed by atoms with Gasteiger partial charge in [0.15, 0.2) is 0 Å². The lowest BCUT2D eigenvalue weighted by atomic mass is 10.1. The minimum Gasteiger partial charge on any atom is -0.399 e. The third kappa shape index (κ3) is 5.76. The number of nitrogens with one attached hydrogen (secondary N) is 1. The molecular weight excluding hydrogens is 262 g/mol. The van der Waals surface area contributed by atoms with Crippen LogP contribution in [0.3, 0.4) is 0 Å². The fourth-order valence-electron chi connectivity index (χ4n) is 2.23. The Bertz CT molecular complexity index is 460. The zero-order chi connectivity index (χ0) is 16.2. The van der Waals surface area contributed by atoms with Gasteiger partial charge in [0.05, 0.1) is 6.04 Å². The van der Waals surface area contributed by atoms with Crippen LogP contribution in [0.25, 0.3) is 0 Å². The smallest absolute Gasteiger partial charge is 0.237 e. The monoisotopic (exact) mass is 291 g/mol. The van der Waals surface area contributed by atoms with Crippen molar-refractivity contribution in [3.63, 3.8) is 0 Å². The zero-order valence-electron chi connectivity index (χ0n) is 14.1. The summed E-state index contributed by atoms with van der Waals surface area (Å²) in [7, 11) is 0. The van der Waals surface area contributed by atoms with Gasteiger partial charge in [-0.15, -0.1) is 0 Å². The van der Waals surface area contributed by atoms with Gasteiger partial charge in [0.2, 0.25) is 5.91 Å². The van der Waals surface area contributed by atoms with E-state index in [-0.39, 0.29) is 23.5 Å². The maximum atomic E-state index is 12.4. The number of nitrogens with zero attached hydrogens (tertiary/aromatic N) is 1. The molecule has 1 aromatic rings. The first-order valence-corrected chi connectivity index (χ1v) is 7.52. The van der Waals surface area contributed by atoms with Gasteiger partial charge in [0.25, 0.3) is 0 Å². The number of nitrogens with two attached hydrogens (primary N) is 1. The Morgan fingerprint density at radius 3 is 2.14 bits per heavy atom. The second-order valence-corrected chi connectivity index (χ2v) is 6.92. The normalized spacial score (nSPS) is 13.5. The lowest BCUT2D eigenvalue weighted by Crippen LogP contribution is -2.52. The van der Waals surface area contributed by atoms with Crippen molar-refractivity contribution in [2.75, 3.05) is 5.73 Å². The van der Waals surface area contributed by atoms with E-state index < -0.39 is 0 Å². The van der Waals surface area contributed by atoms with Crippen LogP contribution in [0.15, 0.2) is 24.3 Å². The molecule has 0 fully saturated rings. The van der Waals surface area contributed by atoms with Crippen LogP contribution in [0.4, 0.5) is 5.69 Å². The molecule has 4 nitrogen and oxygen atoms in total. The fraction of sp³-hybridized carbons (Fsp3) is 0.588. The quantitative estimate of drug-likeness (QED) is 0.820. The molecular formula is C17H29N3O. The SMILES string of the molecule is CC(C)N(Cc1ccc(N)cc1)C(C)C(=O)NC(C)(C)C. The average Bonchev–Trinajstić information content (AvgIpc) is 2.34. The Morgan fingerprint density at radius 2 is 1.71 bits per heavy atom. The summed E-state index contributed by atoms with van der Waals surface area (Å²) in [6, 6.07) is 7.92. The van der Waals surface area contributed by atoms with Crippen molar-refractivity contribution in [1.82, 2.24) is 10.2 Å². The van der Waals surface area contributed by atoms with Gasteiger partial charge in [-0.1, -0.05) is 12.1 Å². The summed E-state index contributed by atoms with van der Waals surface area (Å²) >= 11 is 0. The Kier molecular flexibility index (Phi) is 5.78. The molecule has 0 heterocycles. The predicted molar refractivity (Wildman–Crippen MR) is 88.9 cm³/mol. The highest BCUT2D eigenvalue weighted by molar-refractivity contribution is 5.82. The predicted octanol–water partition coefficient (Wildman–Crippen LogP) is 2.78. The number of carbonyl (C=O) groups excluding carboxylic acids is 1. The maximum Gasteiger partial charge on any atom is 0.237 e. The van der Waals surface area contributed by atoms with E-state index in [2.05, 4.69) is 24.1 Å². The third-order valence-corrected chi connectivity index (χ3v) is 3.38. The first kappa shape index (κ1) is 17.5. The van der Waals surface area contributed by atoms with Gasteiger partial charge in [0, 0.05) is 23.8 Å². The second kappa shape index (κ2) is 6.94. The van der Waals surface area contributed by atoms with Gasteiger partial charge >= 0.3 is 0 Å². The van der Waals surface area contributed by atoms with Crippen molar-refractivity contribution in [3.8, 4) is 0 Å². The maximum absolute atomic E-state index is 12.4. The van der Waals surface area contributed by atoms with E-state index in [0.717, 1.165) is 17.8 Å². The van der Waals surface area contributed by atoms with E-state index in [1.807, 2.05) is 52.0 Å². The minimum atomic E-state index is -0.213. The van der Waals surface area contributed by atoms with Gasteiger partial charge in [-0.3, -0.25) is 9.69 Å². The van der Waals surface area contributed by atoms with Crippen molar-refractivity contribution >= 4 is 11.6 Å². The summed E-state index contributed by atoms with van der Waals surface area (Å²) < 4.78 is 0. The average molecular weight is 291 g/mol. The number of anilines is 1. The molecule has 1 rings (SSSR count). The number of carbonyl (C=O) groups is 1. The highest BCUT2D eigenvalue weighted by atomic mass is 16.2. The molecule has 3 N–H and O–H groups in total. The number of benzene rings is 1. The van der Waals surface area contributed by atoms with Gasteiger partial charge < -0.3 is 11.1 Å². The van der Waals surface area contributed by atoms with Gasteiger partial charge in [-0.2, -0.15) is 0 Å². The van der Waals surface area contributed by atoms with Gasteiger partial charge in [0.1, 0.15) is 0 Å². The van der Waals surface area contributed by atoms with Crippen molar-refractivity contribution in [2.24, 2.45) is 0 Å². The van der Waals surface area contributed by atoms with E-state index in [4.69, 9.17) is 5.73 Å². The van der Waals surface area contributed by atoms with Crippen LogP contribution in [0, 0.1) is 0 Å². The lowest BCUT2D eigenvalue weighted by Gasteiger charge is -2.34. The third-order valence-electron chi connectivity index (χ3n) is 3.38. The summed E-state index contributed by atoms with van der Waals surface area (Å²) in [6.07, 6.45) is 0. The largest absolute Gasteiger partial charge is 0.399 e. The van der Waals surface area contributed by atoms with Gasteiger partial charge in [-0.25, -0.2) is 0 Å². The number of rotatable bonds is 5. The molecule has 21 heavy (non-hydrogen) atoms. The summed E-state index contributed by atoms with van der Waals surface area (Å²) in [6.45, 7) is 12.9. The molecule has 1 aromatic carbocycles. The van der Waals surface area contributed by atoms with E-state index in [0.29, 0.717) is 0 Å². The van der Waals surface area contributed by atoms with Gasteiger partial charge in [-0.05, 0) is 59.2 Å². The second-order valence-electron chi connectivity index (χ2n) is 6.92. The molecule has 4 heteroatoms. The molecule has 118 valence electrons. The molecule has 0 aliphatic rings. The van der Waals surface area contributed by atoms with Crippen LogP contribution in [-0.2, 0) is 11.3 Å². The Labute approximate surface area is 128 Å². The van der Waals surface area contributed by atoms with E-state index in [9.17, 15) is 4.79 Å². The number of hydrogen-bond donors (Lipinski definition) is 2. The molecule has 0 spiro atoms. The van der Waals surface area contributed by atoms with Crippen molar-refractivity contribution in [1.29, 1.82) is 0 Å². The van der Waals surface area contributed by atoms with Crippen LogP contribution in [0.2, 0.25) is 0 Å². The van der Waals surface area contributed by atoms with Crippen molar-refractivity contribution in [2.45, 2.75) is 65.7 Å². The first-order valence-electron chi connectivity index (χ1n) is 7.52. The highest BCUT2D eigenvalue weighted by Gasteiger charge is 2.26. The molecule has 1 amide bonds. The minimum absolute atomic E-state index is 0.0617. The highest BCUT2D eigenvalue weighted by Crippen LogP contribution is 2.15. The van der Waals surface area contributed by atoms with Crippen LogP contribution in [0.5, 0.6) is 0 Å². The Balaban J connectivity index is 2.81. The molecule has 0 saturated heterocycles. The number of amides is 1. The van der Waals surface area contributed by atoms with Crippen molar-refractivity contribution in [3.05, 3.63) is 29.8 Å². The summed E-state index contributed by atoms with van der Waals surface area (Å²) in [5.74, 6) is 0.0617. The molecule has 0 aliphatic carbocycles. The first-order chi connectivity index (χ1) is 9.60. The van der Waals surface area contributed by atoms with E-state index in [1.165, 1.54) is 0 Å². The Morgan fingerprint density at radius 1 is 1.19 bits per heavy atom. The van der Waals surface area contributed by atoms with Crippen LogP contribution in [0.1, 0.15) is 47.1 Å². The van der Waals surface area contributed by atoms with Crippen LogP contribution < -0.4 is 11.1 Å². The molecule has 0 aliphatic heterocycles. The number of nitrogen functional groups attached to an aromatic ring is 1. The molecule has 0 radical (unpaired) electrons. The summed E-state index contributed by atoms with van der Waals surface area (Å²) in [4.78, 5) is 14.6. The van der Waals surface area contributed by atoms with Crippen LogP contribution in [-0.4, -0.2) is 28.4 Å². The topological polar surface area (TPSA) is 58.4 Å². The molecule has 0 aromatic heterocycles. The summed E-state index contributed by atoms with van der Waals surface area (Å²) in [5, 5.41) is 3.05. The molecule has 1 unspecified atom stereocenters. The standard InChI is InChI=1S/C17H29N3O/c1-12(2)20(11-14-7-9-15(18)10-8-14)13(3)16(21)19-17(4,5)6/h7-10,12-13H,11,18H2,1-6H3,(H,19,21). The zero-order valence-corrected chi connectivity index (χ0v) is 14.1. The van der Waals surface area contributed by atoms with E-state index >= 15 is 0 Å². The Hall–Kier alpha value is -1.55. The fourth-order valence-corrected chi connectivity index (χ4v) is 2.23.